The maximum Gasteiger partial charge on any atom is 0.472 e. The summed E-state index contributed by atoms with van der Waals surface area (Å²) in [6, 6.07) is 0. The highest BCUT2D eigenvalue weighted by Crippen LogP contribution is 2.43. The third-order valence-corrected chi connectivity index (χ3v) is 13.2. The summed E-state index contributed by atoms with van der Waals surface area (Å²) in [4.78, 5) is 35.1. The molecule has 3 N–H and O–H groups in total. The van der Waals surface area contributed by atoms with Crippen molar-refractivity contribution in [2.45, 2.75) is 270 Å². The second kappa shape index (κ2) is 54.1. The summed E-state index contributed by atoms with van der Waals surface area (Å²) in [6.45, 7) is 3.59. The average molecular weight is 976 g/mol. The molecule has 9 nitrogen and oxygen atoms in total. The van der Waals surface area contributed by atoms with Gasteiger partial charge in [-0.15, -0.1) is 0 Å². The largest absolute Gasteiger partial charge is 0.472 e. The van der Waals surface area contributed by atoms with Crippen LogP contribution in [-0.2, 0) is 32.7 Å². The number of hydrogen-bond donors (Lipinski definition) is 2. The van der Waals surface area contributed by atoms with Gasteiger partial charge in [0.15, 0.2) is 6.10 Å². The van der Waals surface area contributed by atoms with Crippen molar-refractivity contribution in [1.29, 1.82) is 0 Å². The maximum atomic E-state index is 12.6. The maximum absolute atomic E-state index is 12.6. The predicted octanol–water partition coefficient (Wildman–Crippen LogP) is 17.6. The summed E-state index contributed by atoms with van der Waals surface area (Å²) < 4.78 is 32.9. The Morgan fingerprint density at radius 2 is 0.809 bits per heavy atom. The Balaban J connectivity index is 3.93. The first-order valence-corrected chi connectivity index (χ1v) is 29.8. The van der Waals surface area contributed by atoms with Crippen molar-refractivity contribution in [3.8, 4) is 0 Å². The van der Waals surface area contributed by atoms with Crippen LogP contribution in [0.15, 0.2) is 60.8 Å². The molecule has 10 heteroatoms. The van der Waals surface area contributed by atoms with Gasteiger partial charge in [-0.2, -0.15) is 0 Å². The summed E-state index contributed by atoms with van der Waals surface area (Å²) in [7, 11) is -4.40. The van der Waals surface area contributed by atoms with E-state index < -0.39 is 32.5 Å². The van der Waals surface area contributed by atoms with Gasteiger partial charge in [0.2, 0.25) is 0 Å². The van der Waals surface area contributed by atoms with Gasteiger partial charge in [-0.3, -0.25) is 18.6 Å². The second-order valence-electron chi connectivity index (χ2n) is 18.8. The zero-order valence-corrected chi connectivity index (χ0v) is 45.0. The Labute approximate surface area is 419 Å². The summed E-state index contributed by atoms with van der Waals surface area (Å²) in [5.41, 5.74) is 5.37. The smallest absolute Gasteiger partial charge is 0.462 e. The van der Waals surface area contributed by atoms with Crippen LogP contribution in [0.25, 0.3) is 0 Å². The molecule has 0 spiro atoms. The predicted molar refractivity (Wildman–Crippen MR) is 289 cm³/mol. The average Bonchev–Trinajstić information content (AvgIpc) is 3.33. The van der Waals surface area contributed by atoms with Crippen LogP contribution in [-0.4, -0.2) is 49.3 Å². The topological polar surface area (TPSA) is 134 Å². The highest BCUT2D eigenvalue weighted by atomic mass is 31.2. The molecule has 68 heavy (non-hydrogen) atoms. The quantitative estimate of drug-likeness (QED) is 0.0264. The van der Waals surface area contributed by atoms with Crippen molar-refractivity contribution in [3.63, 3.8) is 0 Å². The number of nitrogens with two attached hydrogens (primary N) is 1. The van der Waals surface area contributed by atoms with Crippen LogP contribution in [0.2, 0.25) is 0 Å². The summed E-state index contributed by atoms with van der Waals surface area (Å²) in [6.07, 6.45) is 67.3. The molecule has 0 bridgehead atoms. The molecule has 0 aromatic heterocycles. The molecule has 0 aliphatic carbocycles. The molecular weight excluding hydrogens is 870 g/mol. The van der Waals surface area contributed by atoms with Crippen LogP contribution in [0, 0.1) is 0 Å². The molecule has 2 unspecified atom stereocenters. The van der Waals surface area contributed by atoms with E-state index in [0.717, 1.165) is 51.4 Å². The van der Waals surface area contributed by atoms with Gasteiger partial charge in [0, 0.05) is 19.4 Å². The highest BCUT2D eigenvalue weighted by molar-refractivity contribution is 7.47. The number of esters is 2. The van der Waals surface area contributed by atoms with E-state index in [-0.39, 0.29) is 32.6 Å². The zero-order chi connectivity index (χ0) is 49.5. The molecule has 0 amide bonds. The minimum Gasteiger partial charge on any atom is -0.462 e. The number of carbonyl (C=O) groups excluding carboxylic acids is 2. The molecule has 0 aromatic rings. The van der Waals surface area contributed by atoms with Gasteiger partial charge >= 0.3 is 19.8 Å². The first-order valence-electron chi connectivity index (χ1n) is 28.3. The molecule has 396 valence electrons. The minimum absolute atomic E-state index is 0.0432. The van der Waals surface area contributed by atoms with Gasteiger partial charge in [0.1, 0.15) is 6.61 Å². The molecule has 0 aliphatic rings. The number of phosphoric ester groups is 1. The molecule has 0 heterocycles. The Hall–Kier alpha value is -2.29. The summed E-state index contributed by atoms with van der Waals surface area (Å²) >= 11 is 0. The number of hydrogen-bond acceptors (Lipinski definition) is 8. The van der Waals surface area contributed by atoms with Gasteiger partial charge < -0.3 is 20.1 Å². The van der Waals surface area contributed by atoms with Crippen LogP contribution in [0.3, 0.4) is 0 Å². The van der Waals surface area contributed by atoms with Crippen LogP contribution in [0.5, 0.6) is 0 Å². The monoisotopic (exact) mass is 976 g/mol. The lowest BCUT2D eigenvalue weighted by molar-refractivity contribution is -0.161. The van der Waals surface area contributed by atoms with E-state index in [0.29, 0.717) is 12.8 Å². The van der Waals surface area contributed by atoms with Gasteiger partial charge in [-0.25, -0.2) is 4.57 Å². The van der Waals surface area contributed by atoms with Gasteiger partial charge in [0.05, 0.1) is 13.2 Å². The molecule has 0 fully saturated rings. The molecular formula is C58H106NO8P. The Bertz CT molecular complexity index is 1300. The lowest BCUT2D eigenvalue weighted by atomic mass is 10.0. The van der Waals surface area contributed by atoms with Crippen LogP contribution in [0.4, 0.5) is 0 Å². The molecule has 2 atom stereocenters. The first-order chi connectivity index (χ1) is 33.3. The van der Waals surface area contributed by atoms with E-state index in [1.807, 2.05) is 6.08 Å². The fourth-order valence-electron chi connectivity index (χ4n) is 8.03. The van der Waals surface area contributed by atoms with Crippen molar-refractivity contribution in [1.82, 2.24) is 0 Å². The van der Waals surface area contributed by atoms with Crippen LogP contribution in [0.1, 0.15) is 264 Å². The Morgan fingerprint density at radius 3 is 1.19 bits per heavy atom. The molecule has 0 aromatic carbocycles. The fraction of sp³-hybridized carbons (Fsp3) is 0.793. The van der Waals surface area contributed by atoms with Crippen molar-refractivity contribution in [2.75, 3.05) is 26.4 Å². The van der Waals surface area contributed by atoms with E-state index >= 15 is 0 Å². The second-order valence-corrected chi connectivity index (χ2v) is 20.2. The molecule has 0 radical (unpaired) electrons. The minimum atomic E-state index is -4.40. The van der Waals surface area contributed by atoms with Crippen LogP contribution < -0.4 is 5.73 Å². The molecule has 0 saturated carbocycles. The van der Waals surface area contributed by atoms with E-state index in [1.165, 1.54) is 173 Å². The molecule has 0 aliphatic heterocycles. The number of ether oxygens (including phenoxy) is 2. The number of phosphoric acid groups is 1. The number of rotatable bonds is 53. The van der Waals surface area contributed by atoms with Gasteiger partial charge in [-0.05, 0) is 51.4 Å². The van der Waals surface area contributed by atoms with Crippen molar-refractivity contribution in [2.24, 2.45) is 5.73 Å². The van der Waals surface area contributed by atoms with Gasteiger partial charge in [0.25, 0.3) is 0 Å². The third kappa shape index (κ3) is 53.1. The fourth-order valence-corrected chi connectivity index (χ4v) is 8.79. The van der Waals surface area contributed by atoms with Crippen LogP contribution >= 0.6 is 7.82 Å². The van der Waals surface area contributed by atoms with E-state index in [1.54, 1.807) is 0 Å². The Kier molecular flexibility index (Phi) is 52.2. The number of unbranched alkanes of at least 4 members (excludes halogenated alkanes) is 30. The summed E-state index contributed by atoms with van der Waals surface area (Å²) in [5, 5.41) is 0. The number of allylic oxidation sites excluding steroid dienone is 10. The zero-order valence-electron chi connectivity index (χ0n) is 44.1. The van der Waals surface area contributed by atoms with E-state index in [2.05, 4.69) is 68.5 Å². The normalized spacial score (nSPS) is 13.5. The highest BCUT2D eigenvalue weighted by Gasteiger charge is 2.26. The van der Waals surface area contributed by atoms with Gasteiger partial charge in [-0.1, -0.05) is 261 Å². The molecule has 0 rings (SSSR count). The lowest BCUT2D eigenvalue weighted by Crippen LogP contribution is -2.29. The molecule has 0 saturated heterocycles. The summed E-state index contributed by atoms with van der Waals surface area (Å²) in [5.74, 6) is -0.889. The van der Waals surface area contributed by atoms with E-state index in [4.69, 9.17) is 24.3 Å². The Morgan fingerprint density at radius 1 is 0.456 bits per heavy atom. The standard InChI is InChI=1S/C58H106NO8P/c1-3-5-7-9-11-13-15-17-19-21-22-23-24-25-26-27-28-29-30-31-32-33-35-36-38-40-42-44-46-48-50-57(60)64-54-56(55-66-68(62,63)65-53-52-59)67-58(61)51-49-47-45-43-41-39-37-34-20-18-16-14-12-10-8-6-4-2/h6,8,12,14,18,20,37,39,43,45,56H,3-5,7,9-11,13,15-17,19,21-36,38,40-42,44,46-55,59H2,1-2H3,(H,62,63)/b8-6-,14-12-,20-18-,39-37-,45-43-. The third-order valence-electron chi connectivity index (χ3n) is 12.2. The van der Waals surface area contributed by atoms with Crippen molar-refractivity contribution in [3.05, 3.63) is 60.8 Å². The van der Waals surface area contributed by atoms with E-state index in [9.17, 15) is 19.0 Å². The van der Waals surface area contributed by atoms with Crippen molar-refractivity contribution >= 4 is 19.8 Å². The SMILES string of the molecule is CC/C=C\C/C=C\C/C=C\C/C=C\C/C=C\CCCC(=O)OC(COC(=O)CCCCCCCCCCCCCCCCCCCCCCCCCCCCCCCC)COP(=O)(O)OCCN. The van der Waals surface area contributed by atoms with Crippen molar-refractivity contribution < 1.29 is 37.6 Å². The lowest BCUT2D eigenvalue weighted by Gasteiger charge is -2.19. The number of carbonyl (C=O) groups is 2. The first kappa shape index (κ1) is 65.7.